The molecule has 10 heteroatoms. The molecule has 2 aromatic rings. The van der Waals surface area contributed by atoms with Crippen LogP contribution >= 0.6 is 0 Å². The van der Waals surface area contributed by atoms with Crippen LogP contribution in [0.5, 0.6) is 0 Å². The van der Waals surface area contributed by atoms with Gasteiger partial charge in [-0.3, -0.25) is 4.79 Å². The number of urea groups is 1. The minimum absolute atomic E-state index is 0.0407. The zero-order valence-corrected chi connectivity index (χ0v) is 11.6. The van der Waals surface area contributed by atoms with Crippen LogP contribution in [0.25, 0.3) is 11.1 Å². The van der Waals surface area contributed by atoms with Gasteiger partial charge in [-0.25, -0.2) is 9.78 Å². The van der Waals surface area contributed by atoms with Gasteiger partial charge in [-0.2, -0.15) is 13.2 Å². The average Bonchev–Trinajstić information content (AvgIpc) is 2.86. The maximum Gasteiger partial charge on any atom is 0.468 e. The first kappa shape index (κ1) is 16.6. The van der Waals surface area contributed by atoms with Crippen molar-refractivity contribution in [2.24, 2.45) is 0 Å². The van der Waals surface area contributed by atoms with Crippen LogP contribution in [0.2, 0.25) is 0 Å². The Kier molecular flexibility index (Phi) is 4.72. The summed E-state index contributed by atoms with van der Waals surface area (Å²) in [6.07, 6.45) is -4.50. The Morgan fingerprint density at radius 1 is 1.30 bits per heavy atom. The van der Waals surface area contributed by atoms with E-state index in [0.29, 0.717) is 0 Å². The summed E-state index contributed by atoms with van der Waals surface area (Å²) >= 11 is 0. The third-order valence-electron chi connectivity index (χ3n) is 2.74. The van der Waals surface area contributed by atoms with Gasteiger partial charge < -0.3 is 20.2 Å². The van der Waals surface area contributed by atoms with Crippen molar-refractivity contribution in [2.75, 3.05) is 11.9 Å². The molecule has 0 unspecified atom stereocenters. The fraction of sp³-hybridized carbons (Fsp3) is 0.308. The van der Waals surface area contributed by atoms with E-state index in [2.05, 4.69) is 20.0 Å². The first-order chi connectivity index (χ1) is 10.8. The van der Waals surface area contributed by atoms with E-state index in [-0.39, 0.29) is 36.2 Å². The molecule has 1 heterocycles. The number of carbonyl (C=O) groups is 2. The van der Waals surface area contributed by atoms with E-state index in [9.17, 15) is 22.8 Å². The number of aliphatic carboxylic acids is 1. The highest BCUT2D eigenvalue weighted by Crippen LogP contribution is 2.31. The number of carboxylic acids is 1. The second kappa shape index (κ2) is 6.55. The lowest BCUT2D eigenvalue weighted by atomic mass is 10.3. The molecule has 0 fully saturated rings. The molecular weight excluding hydrogens is 319 g/mol. The Hall–Kier alpha value is -2.78. The molecule has 0 radical (unpaired) electrons. The molecule has 7 nitrogen and oxygen atoms in total. The molecule has 0 aliphatic carbocycles. The minimum Gasteiger partial charge on any atom is -0.481 e. The molecule has 1 aromatic heterocycles. The van der Waals surface area contributed by atoms with Gasteiger partial charge >= 0.3 is 24.1 Å². The standard InChI is InChI=1S/C13H12F3N3O4/c14-13(15,16)11-19-8-6-7(3-4-9(8)23-11)18-12(22)17-5-1-2-10(20)21/h3-4,6H,1-2,5H2,(H,20,21)(H2,17,18,22). The lowest BCUT2D eigenvalue weighted by Gasteiger charge is -2.06. The van der Waals surface area contributed by atoms with Gasteiger partial charge in [-0.15, -0.1) is 0 Å². The first-order valence-corrected chi connectivity index (χ1v) is 6.50. The van der Waals surface area contributed by atoms with E-state index >= 15 is 0 Å². The van der Waals surface area contributed by atoms with Crippen LogP contribution in [0.4, 0.5) is 23.7 Å². The van der Waals surface area contributed by atoms with Gasteiger partial charge in [0.15, 0.2) is 5.58 Å². The normalized spacial score (nSPS) is 11.4. The number of halogens is 3. The number of alkyl halides is 3. The number of nitrogens with one attached hydrogen (secondary N) is 2. The molecular formula is C13H12F3N3O4. The Labute approximate surface area is 127 Å². The van der Waals surface area contributed by atoms with Gasteiger partial charge in [0, 0.05) is 18.7 Å². The number of carboxylic acid groups (broad SMARTS) is 1. The maximum absolute atomic E-state index is 12.5. The van der Waals surface area contributed by atoms with E-state index in [1.54, 1.807) is 0 Å². The fourth-order valence-corrected chi connectivity index (χ4v) is 1.74. The SMILES string of the molecule is O=C(O)CCCNC(=O)Nc1ccc2oc(C(F)(F)F)nc2c1. The minimum atomic E-state index is -4.69. The summed E-state index contributed by atoms with van der Waals surface area (Å²) < 4.78 is 42.0. The van der Waals surface area contributed by atoms with E-state index in [1.165, 1.54) is 18.2 Å². The van der Waals surface area contributed by atoms with Crippen molar-refractivity contribution in [1.82, 2.24) is 10.3 Å². The summed E-state index contributed by atoms with van der Waals surface area (Å²) in [5.74, 6) is -2.33. The van der Waals surface area contributed by atoms with Crippen molar-refractivity contribution in [3.8, 4) is 0 Å². The van der Waals surface area contributed by atoms with Crippen molar-refractivity contribution < 1.29 is 32.3 Å². The Morgan fingerprint density at radius 3 is 2.70 bits per heavy atom. The maximum atomic E-state index is 12.5. The molecule has 0 saturated heterocycles. The van der Waals surface area contributed by atoms with Crippen LogP contribution in [-0.2, 0) is 11.0 Å². The molecule has 2 rings (SSSR count). The van der Waals surface area contributed by atoms with Crippen LogP contribution in [0, 0.1) is 0 Å². The largest absolute Gasteiger partial charge is 0.481 e. The number of benzene rings is 1. The molecule has 1 aromatic carbocycles. The van der Waals surface area contributed by atoms with E-state index in [1.807, 2.05) is 0 Å². The van der Waals surface area contributed by atoms with Gasteiger partial charge in [0.1, 0.15) is 5.52 Å². The average molecular weight is 331 g/mol. The zero-order valence-electron chi connectivity index (χ0n) is 11.6. The van der Waals surface area contributed by atoms with Gasteiger partial charge in [0.25, 0.3) is 0 Å². The van der Waals surface area contributed by atoms with E-state index in [0.717, 1.165) is 0 Å². The van der Waals surface area contributed by atoms with Gasteiger partial charge in [0.2, 0.25) is 0 Å². The summed E-state index contributed by atoms with van der Waals surface area (Å²) in [6, 6.07) is 3.27. The molecule has 2 amide bonds. The summed E-state index contributed by atoms with van der Waals surface area (Å²) in [7, 11) is 0. The van der Waals surface area contributed by atoms with Crippen molar-refractivity contribution in [3.05, 3.63) is 24.1 Å². The van der Waals surface area contributed by atoms with E-state index in [4.69, 9.17) is 5.11 Å². The zero-order chi connectivity index (χ0) is 17.0. The highest BCUT2D eigenvalue weighted by molar-refractivity contribution is 5.91. The third-order valence-corrected chi connectivity index (χ3v) is 2.74. The van der Waals surface area contributed by atoms with Crippen LogP contribution in [-0.4, -0.2) is 28.6 Å². The summed E-state index contributed by atoms with van der Waals surface area (Å²) in [5, 5.41) is 13.3. The van der Waals surface area contributed by atoms with Crippen LogP contribution in [0.1, 0.15) is 18.7 Å². The molecule has 0 atom stereocenters. The molecule has 3 N–H and O–H groups in total. The number of nitrogens with zero attached hydrogens (tertiary/aromatic N) is 1. The summed E-state index contributed by atoms with van der Waals surface area (Å²) in [6.45, 7) is 0.155. The third kappa shape index (κ3) is 4.59. The fourth-order valence-electron chi connectivity index (χ4n) is 1.74. The monoisotopic (exact) mass is 331 g/mol. The molecule has 0 bridgehead atoms. The smallest absolute Gasteiger partial charge is 0.468 e. The van der Waals surface area contributed by atoms with Crippen LogP contribution < -0.4 is 10.6 Å². The highest BCUT2D eigenvalue weighted by Gasteiger charge is 2.37. The van der Waals surface area contributed by atoms with Crippen molar-refractivity contribution in [2.45, 2.75) is 19.0 Å². The molecule has 124 valence electrons. The molecule has 0 spiro atoms. The van der Waals surface area contributed by atoms with Crippen molar-refractivity contribution >= 4 is 28.8 Å². The second-order valence-electron chi connectivity index (χ2n) is 4.58. The topological polar surface area (TPSA) is 104 Å². The number of fused-ring (bicyclic) bond motifs is 1. The van der Waals surface area contributed by atoms with Crippen molar-refractivity contribution in [1.29, 1.82) is 0 Å². The number of oxazole rings is 1. The molecule has 0 saturated carbocycles. The van der Waals surface area contributed by atoms with Crippen LogP contribution in [0.15, 0.2) is 22.6 Å². The number of aromatic nitrogens is 1. The number of anilines is 1. The molecule has 0 aliphatic rings. The summed E-state index contributed by atoms with van der Waals surface area (Å²) in [4.78, 5) is 25.2. The molecule has 23 heavy (non-hydrogen) atoms. The number of rotatable bonds is 5. The van der Waals surface area contributed by atoms with Gasteiger partial charge in [0.05, 0.1) is 0 Å². The lowest BCUT2D eigenvalue weighted by Crippen LogP contribution is -2.29. The Morgan fingerprint density at radius 2 is 2.04 bits per heavy atom. The predicted octanol–water partition coefficient (Wildman–Crippen LogP) is 2.83. The first-order valence-electron chi connectivity index (χ1n) is 6.50. The number of hydrogen-bond acceptors (Lipinski definition) is 4. The Balaban J connectivity index is 1.98. The second-order valence-corrected chi connectivity index (χ2v) is 4.58. The Bertz CT molecular complexity index is 727. The number of carbonyl (C=O) groups excluding carboxylic acids is 1. The van der Waals surface area contributed by atoms with E-state index < -0.39 is 24.1 Å². The highest BCUT2D eigenvalue weighted by atomic mass is 19.4. The van der Waals surface area contributed by atoms with Gasteiger partial charge in [-0.05, 0) is 24.6 Å². The number of hydrogen-bond donors (Lipinski definition) is 3. The van der Waals surface area contributed by atoms with Crippen molar-refractivity contribution in [3.63, 3.8) is 0 Å². The number of amides is 2. The lowest BCUT2D eigenvalue weighted by molar-refractivity contribution is -0.156. The quantitative estimate of drug-likeness (QED) is 0.731. The molecule has 0 aliphatic heterocycles. The van der Waals surface area contributed by atoms with Crippen LogP contribution in [0.3, 0.4) is 0 Å². The summed E-state index contributed by atoms with van der Waals surface area (Å²) in [5.41, 5.74) is 0.140. The predicted molar refractivity (Wildman–Crippen MR) is 72.9 cm³/mol. The van der Waals surface area contributed by atoms with Gasteiger partial charge in [-0.1, -0.05) is 0 Å².